The molecule has 1 aliphatic heterocycles. The molecule has 0 radical (unpaired) electrons. The van der Waals surface area contributed by atoms with Crippen LogP contribution in [0.2, 0.25) is 0 Å². The van der Waals surface area contributed by atoms with Gasteiger partial charge in [-0.1, -0.05) is 6.07 Å². The lowest BCUT2D eigenvalue weighted by molar-refractivity contribution is -0.142. The normalized spacial score (nSPS) is 15.0. The number of hydrogen-bond donors (Lipinski definition) is 1. The minimum Gasteiger partial charge on any atom is -0.496 e. The van der Waals surface area contributed by atoms with Crippen molar-refractivity contribution in [3.63, 3.8) is 0 Å². The van der Waals surface area contributed by atoms with Crippen molar-refractivity contribution < 1.29 is 19.0 Å². The van der Waals surface area contributed by atoms with Crippen LogP contribution in [0.4, 0.5) is 10.2 Å². The molecular formula is C22H21FN2O3. The van der Waals surface area contributed by atoms with Gasteiger partial charge in [-0.2, -0.15) is 0 Å². The number of benzene rings is 2. The highest BCUT2D eigenvalue weighted by molar-refractivity contribution is 5.87. The molecule has 1 aromatic heterocycles. The summed E-state index contributed by atoms with van der Waals surface area (Å²) in [6.07, 6.45) is 1.27. The first-order valence-corrected chi connectivity index (χ1v) is 9.27. The summed E-state index contributed by atoms with van der Waals surface area (Å²) in [7, 11) is 1.53. The van der Waals surface area contributed by atoms with Crippen LogP contribution < -0.4 is 9.64 Å². The highest BCUT2D eigenvalue weighted by atomic mass is 19.1. The third-order valence-corrected chi connectivity index (χ3v) is 5.32. The van der Waals surface area contributed by atoms with Gasteiger partial charge in [0.1, 0.15) is 17.4 Å². The quantitative estimate of drug-likeness (QED) is 0.729. The molecule has 2 aromatic carbocycles. The summed E-state index contributed by atoms with van der Waals surface area (Å²) in [6.45, 7) is 1.39. The lowest BCUT2D eigenvalue weighted by atomic mass is 9.97. The Hall–Kier alpha value is -3.15. The number of pyridine rings is 1. The smallest absolute Gasteiger partial charge is 0.306 e. The summed E-state index contributed by atoms with van der Waals surface area (Å²) < 4.78 is 18.8. The number of piperidine rings is 1. The van der Waals surface area contributed by atoms with E-state index in [2.05, 4.69) is 4.90 Å². The van der Waals surface area contributed by atoms with Crippen LogP contribution in [0, 0.1) is 11.7 Å². The van der Waals surface area contributed by atoms with E-state index in [1.165, 1.54) is 19.2 Å². The van der Waals surface area contributed by atoms with Gasteiger partial charge in [0.25, 0.3) is 0 Å². The Labute approximate surface area is 162 Å². The predicted octanol–water partition coefficient (Wildman–Crippen LogP) is 4.35. The fourth-order valence-corrected chi connectivity index (χ4v) is 3.72. The predicted molar refractivity (Wildman–Crippen MR) is 106 cm³/mol. The van der Waals surface area contributed by atoms with Crippen molar-refractivity contribution in [3.8, 4) is 16.9 Å². The molecule has 0 atom stereocenters. The summed E-state index contributed by atoms with van der Waals surface area (Å²) in [5.74, 6) is 0.0490. The number of halogens is 1. The average molecular weight is 380 g/mol. The van der Waals surface area contributed by atoms with E-state index in [9.17, 15) is 9.18 Å². The number of carboxylic acid groups (broad SMARTS) is 1. The van der Waals surface area contributed by atoms with Crippen molar-refractivity contribution in [2.24, 2.45) is 5.92 Å². The third-order valence-electron chi connectivity index (χ3n) is 5.32. The standard InChI is InChI=1S/C22H21FN2O3/c1-28-20-13-17(23)4-5-18(20)15-2-6-19-16(12-15)3-7-21(24-19)25-10-8-14(9-11-25)22(26)27/h2-7,12-14H,8-11H2,1H3,(H,26,27). The largest absolute Gasteiger partial charge is 0.496 e. The molecule has 4 rings (SSSR count). The second kappa shape index (κ2) is 7.46. The molecule has 6 heteroatoms. The van der Waals surface area contributed by atoms with Gasteiger partial charge in [-0.05, 0) is 54.8 Å². The first-order chi connectivity index (χ1) is 13.5. The second-order valence-corrected chi connectivity index (χ2v) is 7.02. The van der Waals surface area contributed by atoms with Crippen molar-refractivity contribution in [2.75, 3.05) is 25.1 Å². The van der Waals surface area contributed by atoms with Gasteiger partial charge in [0, 0.05) is 30.1 Å². The van der Waals surface area contributed by atoms with Gasteiger partial charge in [0.05, 0.1) is 18.5 Å². The Morgan fingerprint density at radius 1 is 1.14 bits per heavy atom. The molecule has 0 unspecified atom stereocenters. The van der Waals surface area contributed by atoms with Gasteiger partial charge in [0.15, 0.2) is 0 Å². The molecule has 0 saturated carbocycles. The zero-order valence-corrected chi connectivity index (χ0v) is 15.6. The SMILES string of the molecule is COc1cc(F)ccc1-c1ccc2nc(N3CCC(C(=O)O)CC3)ccc2c1. The average Bonchev–Trinajstić information content (AvgIpc) is 2.73. The number of anilines is 1. The van der Waals surface area contributed by atoms with Crippen LogP contribution in [0.25, 0.3) is 22.0 Å². The molecule has 0 aliphatic carbocycles. The number of aliphatic carboxylic acids is 1. The maximum Gasteiger partial charge on any atom is 0.306 e. The molecule has 1 aliphatic rings. The molecule has 28 heavy (non-hydrogen) atoms. The number of fused-ring (bicyclic) bond motifs is 1. The van der Waals surface area contributed by atoms with E-state index >= 15 is 0 Å². The molecule has 1 fully saturated rings. The van der Waals surface area contributed by atoms with Gasteiger partial charge in [-0.15, -0.1) is 0 Å². The van der Waals surface area contributed by atoms with E-state index in [4.69, 9.17) is 14.8 Å². The summed E-state index contributed by atoms with van der Waals surface area (Å²) in [4.78, 5) is 18.0. The van der Waals surface area contributed by atoms with Crippen molar-refractivity contribution in [3.05, 3.63) is 54.3 Å². The second-order valence-electron chi connectivity index (χ2n) is 7.02. The Kier molecular flexibility index (Phi) is 4.86. The Balaban J connectivity index is 1.61. The molecule has 0 spiro atoms. The van der Waals surface area contributed by atoms with Crippen LogP contribution in [-0.2, 0) is 4.79 Å². The van der Waals surface area contributed by atoms with Crippen LogP contribution in [0.1, 0.15) is 12.8 Å². The van der Waals surface area contributed by atoms with Gasteiger partial charge < -0.3 is 14.7 Å². The highest BCUT2D eigenvalue weighted by Gasteiger charge is 2.25. The number of carboxylic acids is 1. The van der Waals surface area contributed by atoms with Gasteiger partial charge in [0.2, 0.25) is 0 Å². The van der Waals surface area contributed by atoms with Crippen molar-refractivity contribution in [1.29, 1.82) is 0 Å². The molecule has 3 aromatic rings. The number of ether oxygens (including phenoxy) is 1. The Morgan fingerprint density at radius 2 is 1.93 bits per heavy atom. The van der Waals surface area contributed by atoms with E-state index in [0.29, 0.717) is 31.7 Å². The van der Waals surface area contributed by atoms with E-state index < -0.39 is 5.97 Å². The Morgan fingerprint density at radius 3 is 2.64 bits per heavy atom. The lowest BCUT2D eigenvalue weighted by Crippen LogP contribution is -2.36. The number of nitrogens with zero attached hydrogens (tertiary/aromatic N) is 2. The van der Waals surface area contributed by atoms with Gasteiger partial charge >= 0.3 is 5.97 Å². The number of rotatable bonds is 4. The van der Waals surface area contributed by atoms with E-state index in [1.54, 1.807) is 6.07 Å². The van der Waals surface area contributed by atoms with Crippen molar-refractivity contribution in [2.45, 2.75) is 12.8 Å². The monoisotopic (exact) mass is 380 g/mol. The topological polar surface area (TPSA) is 62.7 Å². The van der Waals surface area contributed by atoms with Gasteiger partial charge in [-0.3, -0.25) is 4.79 Å². The summed E-state index contributed by atoms with van der Waals surface area (Å²) >= 11 is 0. The van der Waals surface area contributed by atoms with Crippen molar-refractivity contribution >= 4 is 22.7 Å². The molecule has 2 heterocycles. The number of methoxy groups -OCH3 is 1. The van der Waals surface area contributed by atoms with E-state index in [-0.39, 0.29) is 11.7 Å². The molecule has 144 valence electrons. The van der Waals surface area contributed by atoms with Crippen LogP contribution in [0.15, 0.2) is 48.5 Å². The molecule has 5 nitrogen and oxygen atoms in total. The number of carbonyl (C=O) groups is 1. The zero-order valence-electron chi connectivity index (χ0n) is 15.6. The fourth-order valence-electron chi connectivity index (χ4n) is 3.72. The summed E-state index contributed by atoms with van der Waals surface area (Å²) in [6, 6.07) is 14.4. The highest BCUT2D eigenvalue weighted by Crippen LogP contribution is 2.33. The number of aromatic nitrogens is 1. The van der Waals surface area contributed by atoms with E-state index in [0.717, 1.165) is 27.8 Å². The Bertz CT molecular complexity index is 1030. The third kappa shape index (κ3) is 3.50. The van der Waals surface area contributed by atoms with Crippen LogP contribution in [0.3, 0.4) is 0 Å². The van der Waals surface area contributed by atoms with Crippen LogP contribution >= 0.6 is 0 Å². The maximum absolute atomic E-state index is 13.5. The molecule has 0 amide bonds. The minimum atomic E-state index is -0.713. The zero-order chi connectivity index (χ0) is 19.7. The molecule has 1 saturated heterocycles. The van der Waals surface area contributed by atoms with Crippen molar-refractivity contribution in [1.82, 2.24) is 4.98 Å². The lowest BCUT2D eigenvalue weighted by Gasteiger charge is -2.31. The molecule has 0 bridgehead atoms. The van der Waals surface area contributed by atoms with Crippen LogP contribution in [-0.4, -0.2) is 36.3 Å². The summed E-state index contributed by atoms with van der Waals surface area (Å²) in [5, 5.41) is 10.1. The number of hydrogen-bond acceptors (Lipinski definition) is 4. The molecule has 1 N–H and O–H groups in total. The first-order valence-electron chi connectivity index (χ1n) is 9.27. The summed E-state index contributed by atoms with van der Waals surface area (Å²) in [5.41, 5.74) is 2.62. The minimum absolute atomic E-state index is 0.259. The van der Waals surface area contributed by atoms with Crippen LogP contribution in [0.5, 0.6) is 5.75 Å². The van der Waals surface area contributed by atoms with E-state index in [1.807, 2.05) is 30.3 Å². The maximum atomic E-state index is 13.5. The first kappa shape index (κ1) is 18.2. The molecular weight excluding hydrogens is 359 g/mol. The van der Waals surface area contributed by atoms with Gasteiger partial charge in [-0.25, -0.2) is 9.37 Å². The fraction of sp³-hybridized carbons (Fsp3) is 0.273.